The van der Waals surface area contributed by atoms with Gasteiger partial charge in [-0.1, -0.05) is 19.8 Å². The van der Waals surface area contributed by atoms with Crippen LogP contribution >= 0.6 is 0 Å². The Balaban J connectivity index is 2.40. The van der Waals surface area contributed by atoms with E-state index in [0.717, 1.165) is 6.54 Å². The number of rotatable bonds is 6. The van der Waals surface area contributed by atoms with E-state index in [1.165, 1.54) is 32.1 Å². The van der Waals surface area contributed by atoms with Crippen LogP contribution in [0.25, 0.3) is 0 Å². The predicted molar refractivity (Wildman–Crippen MR) is 72.2 cm³/mol. The fourth-order valence-corrected chi connectivity index (χ4v) is 2.59. The SMILES string of the molecule is CCC1(CN=C(N)NC(C)COC)CCCC1. The molecule has 1 fully saturated rings. The van der Waals surface area contributed by atoms with Crippen molar-refractivity contribution in [2.24, 2.45) is 16.1 Å². The van der Waals surface area contributed by atoms with Gasteiger partial charge in [-0.25, -0.2) is 0 Å². The van der Waals surface area contributed by atoms with Gasteiger partial charge in [0.2, 0.25) is 0 Å². The number of hydrogen-bond donors (Lipinski definition) is 2. The summed E-state index contributed by atoms with van der Waals surface area (Å²) in [7, 11) is 1.69. The Kier molecular flexibility index (Phi) is 5.75. The van der Waals surface area contributed by atoms with E-state index in [1.54, 1.807) is 7.11 Å². The lowest BCUT2D eigenvalue weighted by molar-refractivity contribution is 0.179. The van der Waals surface area contributed by atoms with Crippen molar-refractivity contribution in [3.63, 3.8) is 0 Å². The van der Waals surface area contributed by atoms with Gasteiger partial charge in [0.1, 0.15) is 0 Å². The molecular formula is C13H27N3O. The topological polar surface area (TPSA) is 59.6 Å². The summed E-state index contributed by atoms with van der Waals surface area (Å²) in [5.41, 5.74) is 6.29. The summed E-state index contributed by atoms with van der Waals surface area (Å²) < 4.78 is 5.05. The normalized spacial score (nSPS) is 21.5. The summed E-state index contributed by atoms with van der Waals surface area (Å²) in [6, 6.07) is 0.213. The van der Waals surface area contributed by atoms with Crippen LogP contribution in [0.3, 0.4) is 0 Å². The van der Waals surface area contributed by atoms with Gasteiger partial charge in [-0.3, -0.25) is 4.99 Å². The first kappa shape index (κ1) is 14.3. The number of guanidine groups is 1. The van der Waals surface area contributed by atoms with Gasteiger partial charge in [-0.2, -0.15) is 0 Å². The molecule has 17 heavy (non-hydrogen) atoms. The minimum absolute atomic E-state index is 0.213. The molecule has 100 valence electrons. The summed E-state index contributed by atoms with van der Waals surface area (Å²) in [5, 5.41) is 3.15. The standard InChI is InChI=1S/C13H27N3O/c1-4-13(7-5-6-8-13)10-15-12(14)16-11(2)9-17-3/h11H,4-10H2,1-3H3,(H3,14,15,16). The van der Waals surface area contributed by atoms with Gasteiger partial charge >= 0.3 is 0 Å². The number of ether oxygens (including phenoxy) is 1. The molecule has 1 aliphatic rings. The number of hydrogen-bond acceptors (Lipinski definition) is 2. The van der Waals surface area contributed by atoms with E-state index < -0.39 is 0 Å². The van der Waals surface area contributed by atoms with Crippen molar-refractivity contribution in [1.82, 2.24) is 5.32 Å². The second-order valence-electron chi connectivity index (χ2n) is 5.26. The predicted octanol–water partition coefficient (Wildman–Crippen LogP) is 1.90. The molecule has 0 aromatic heterocycles. The lowest BCUT2D eigenvalue weighted by Crippen LogP contribution is -2.41. The molecule has 3 N–H and O–H groups in total. The van der Waals surface area contributed by atoms with E-state index in [4.69, 9.17) is 10.5 Å². The monoisotopic (exact) mass is 241 g/mol. The van der Waals surface area contributed by atoms with Gasteiger partial charge in [0.25, 0.3) is 0 Å². The fourth-order valence-electron chi connectivity index (χ4n) is 2.59. The van der Waals surface area contributed by atoms with Gasteiger partial charge in [0, 0.05) is 19.7 Å². The van der Waals surface area contributed by atoms with Gasteiger partial charge in [-0.05, 0) is 31.6 Å². The van der Waals surface area contributed by atoms with Crippen LogP contribution < -0.4 is 11.1 Å². The molecule has 0 radical (unpaired) electrons. The van der Waals surface area contributed by atoms with Crippen molar-refractivity contribution in [1.29, 1.82) is 0 Å². The number of nitrogens with one attached hydrogen (secondary N) is 1. The lowest BCUT2D eigenvalue weighted by atomic mass is 9.84. The third-order valence-corrected chi connectivity index (χ3v) is 3.81. The Labute approximate surface area is 105 Å². The van der Waals surface area contributed by atoms with Crippen LogP contribution in [0.2, 0.25) is 0 Å². The van der Waals surface area contributed by atoms with Crippen molar-refractivity contribution < 1.29 is 4.74 Å². The van der Waals surface area contributed by atoms with Crippen molar-refractivity contribution in [2.45, 2.75) is 52.0 Å². The first-order valence-corrected chi connectivity index (χ1v) is 6.67. The molecule has 1 atom stereocenters. The summed E-state index contributed by atoms with van der Waals surface area (Å²) in [6.45, 7) is 5.81. The maximum atomic E-state index is 5.88. The molecule has 4 heteroatoms. The van der Waals surface area contributed by atoms with Crippen LogP contribution in [0.5, 0.6) is 0 Å². The molecule has 1 saturated carbocycles. The second-order valence-corrected chi connectivity index (χ2v) is 5.26. The molecule has 0 aromatic carbocycles. The highest BCUT2D eigenvalue weighted by molar-refractivity contribution is 5.78. The summed E-state index contributed by atoms with van der Waals surface area (Å²) >= 11 is 0. The Bertz CT molecular complexity index is 247. The minimum Gasteiger partial charge on any atom is -0.383 e. The van der Waals surface area contributed by atoms with E-state index in [-0.39, 0.29) is 6.04 Å². The van der Waals surface area contributed by atoms with E-state index in [0.29, 0.717) is 18.0 Å². The van der Waals surface area contributed by atoms with Gasteiger partial charge in [-0.15, -0.1) is 0 Å². The molecule has 1 unspecified atom stereocenters. The summed E-state index contributed by atoms with van der Waals surface area (Å²) in [6.07, 6.45) is 6.49. The van der Waals surface area contributed by atoms with Crippen LogP contribution in [0, 0.1) is 5.41 Å². The zero-order valence-corrected chi connectivity index (χ0v) is 11.5. The highest BCUT2D eigenvalue weighted by Gasteiger charge is 2.31. The number of aliphatic imine (C=N–C) groups is 1. The molecule has 4 nitrogen and oxygen atoms in total. The van der Waals surface area contributed by atoms with Crippen LogP contribution in [-0.2, 0) is 4.74 Å². The quantitative estimate of drug-likeness (QED) is 0.551. The zero-order chi connectivity index (χ0) is 12.7. The maximum Gasteiger partial charge on any atom is 0.188 e. The zero-order valence-electron chi connectivity index (χ0n) is 11.5. The Hall–Kier alpha value is -0.770. The molecule has 0 aliphatic heterocycles. The first-order valence-electron chi connectivity index (χ1n) is 6.67. The molecule has 1 rings (SSSR count). The lowest BCUT2D eigenvalue weighted by Gasteiger charge is -2.25. The number of nitrogens with zero attached hydrogens (tertiary/aromatic N) is 1. The smallest absolute Gasteiger partial charge is 0.188 e. The van der Waals surface area contributed by atoms with E-state index in [9.17, 15) is 0 Å². The number of nitrogens with two attached hydrogens (primary N) is 1. The Morgan fingerprint density at radius 1 is 1.47 bits per heavy atom. The molecule has 0 amide bonds. The Morgan fingerprint density at radius 2 is 2.12 bits per heavy atom. The third kappa shape index (κ3) is 4.54. The molecule has 0 heterocycles. The molecule has 0 aromatic rings. The van der Waals surface area contributed by atoms with Crippen LogP contribution in [-0.4, -0.2) is 32.3 Å². The van der Waals surface area contributed by atoms with E-state index in [2.05, 4.69) is 17.2 Å². The van der Waals surface area contributed by atoms with Crippen molar-refractivity contribution in [3.8, 4) is 0 Å². The van der Waals surface area contributed by atoms with Gasteiger partial charge < -0.3 is 15.8 Å². The number of methoxy groups -OCH3 is 1. The molecular weight excluding hydrogens is 214 g/mol. The highest BCUT2D eigenvalue weighted by Crippen LogP contribution is 2.40. The minimum atomic E-state index is 0.213. The summed E-state index contributed by atoms with van der Waals surface area (Å²) in [5.74, 6) is 0.550. The second kappa shape index (κ2) is 6.84. The molecule has 0 saturated heterocycles. The van der Waals surface area contributed by atoms with Crippen molar-refractivity contribution >= 4 is 5.96 Å². The fraction of sp³-hybridized carbons (Fsp3) is 0.923. The molecule has 0 spiro atoms. The first-order chi connectivity index (χ1) is 8.12. The molecule has 1 aliphatic carbocycles. The largest absolute Gasteiger partial charge is 0.383 e. The third-order valence-electron chi connectivity index (χ3n) is 3.81. The van der Waals surface area contributed by atoms with Crippen molar-refractivity contribution in [3.05, 3.63) is 0 Å². The van der Waals surface area contributed by atoms with E-state index >= 15 is 0 Å². The average Bonchev–Trinajstić information content (AvgIpc) is 2.76. The highest BCUT2D eigenvalue weighted by atomic mass is 16.5. The summed E-state index contributed by atoms with van der Waals surface area (Å²) in [4.78, 5) is 4.50. The maximum absolute atomic E-state index is 5.88. The van der Waals surface area contributed by atoms with Crippen LogP contribution in [0.1, 0.15) is 46.0 Å². The van der Waals surface area contributed by atoms with E-state index in [1.807, 2.05) is 6.92 Å². The molecule has 0 bridgehead atoms. The van der Waals surface area contributed by atoms with Crippen LogP contribution in [0.15, 0.2) is 4.99 Å². The van der Waals surface area contributed by atoms with Gasteiger partial charge in [0.15, 0.2) is 5.96 Å². The Morgan fingerprint density at radius 3 is 2.65 bits per heavy atom. The average molecular weight is 241 g/mol. The van der Waals surface area contributed by atoms with Crippen molar-refractivity contribution in [2.75, 3.05) is 20.3 Å². The van der Waals surface area contributed by atoms with Crippen LogP contribution in [0.4, 0.5) is 0 Å². The van der Waals surface area contributed by atoms with Gasteiger partial charge in [0.05, 0.1) is 6.61 Å².